The van der Waals surface area contributed by atoms with E-state index in [2.05, 4.69) is 10.3 Å². The van der Waals surface area contributed by atoms with E-state index in [1.54, 1.807) is 19.1 Å². The highest BCUT2D eigenvalue weighted by molar-refractivity contribution is 5.90. The number of amides is 1. The quantitative estimate of drug-likeness (QED) is 0.749. The summed E-state index contributed by atoms with van der Waals surface area (Å²) < 4.78 is 40.7. The van der Waals surface area contributed by atoms with E-state index < -0.39 is 11.9 Å². The number of benzene rings is 1. The van der Waals surface area contributed by atoms with Crippen molar-refractivity contribution in [3.05, 3.63) is 35.0 Å². The molecule has 4 atom stereocenters. The minimum absolute atomic E-state index is 0.00739. The Morgan fingerprint density at radius 3 is 2.86 bits per heavy atom. The lowest BCUT2D eigenvalue weighted by Crippen LogP contribution is -2.52. The van der Waals surface area contributed by atoms with Crippen LogP contribution in [-0.4, -0.2) is 53.2 Å². The normalized spacial score (nSPS) is 26.1. The molecule has 1 aliphatic heterocycles. The SMILES string of the molecule is C[C@@H](CO)NC(=O)C1CC2c3cccc4[nH]c(C(F)(F)F)c(c34)C[C@H]2N(C)C1. The van der Waals surface area contributed by atoms with Crippen LogP contribution in [0.25, 0.3) is 10.9 Å². The molecular formula is C20H24F3N3O2. The molecule has 0 spiro atoms. The fraction of sp³-hybridized carbons (Fsp3) is 0.550. The first-order chi connectivity index (χ1) is 13.2. The molecule has 0 saturated carbocycles. The van der Waals surface area contributed by atoms with Crippen LogP contribution >= 0.6 is 0 Å². The number of likely N-dealkylation sites (tertiary alicyclic amines) is 1. The van der Waals surface area contributed by atoms with Crippen molar-refractivity contribution in [1.82, 2.24) is 15.2 Å². The lowest BCUT2D eigenvalue weighted by Gasteiger charge is -2.45. The molecule has 0 bridgehead atoms. The molecule has 28 heavy (non-hydrogen) atoms. The van der Waals surface area contributed by atoms with Gasteiger partial charge in [-0.2, -0.15) is 13.2 Å². The maximum Gasteiger partial charge on any atom is 0.431 e. The van der Waals surface area contributed by atoms with Gasteiger partial charge in [-0.25, -0.2) is 0 Å². The number of rotatable bonds is 3. The van der Waals surface area contributed by atoms with E-state index in [9.17, 15) is 23.1 Å². The van der Waals surface area contributed by atoms with Gasteiger partial charge in [0.15, 0.2) is 0 Å². The van der Waals surface area contributed by atoms with Crippen LogP contribution in [0.4, 0.5) is 13.2 Å². The molecule has 3 N–H and O–H groups in total. The number of fused-ring (bicyclic) bond motifs is 2. The molecule has 1 amide bonds. The number of H-pyrrole nitrogens is 1. The first kappa shape index (κ1) is 19.3. The van der Waals surface area contributed by atoms with E-state index in [0.29, 0.717) is 35.9 Å². The van der Waals surface area contributed by atoms with Gasteiger partial charge in [0, 0.05) is 35.4 Å². The highest BCUT2D eigenvalue weighted by atomic mass is 19.4. The summed E-state index contributed by atoms with van der Waals surface area (Å²) in [5.41, 5.74) is 1.07. The Morgan fingerprint density at radius 2 is 2.18 bits per heavy atom. The van der Waals surface area contributed by atoms with E-state index in [1.807, 2.05) is 18.0 Å². The number of hydrogen-bond donors (Lipinski definition) is 3. The summed E-state index contributed by atoms with van der Waals surface area (Å²) >= 11 is 0. The third-order valence-electron chi connectivity index (χ3n) is 6.17. The number of piperidine rings is 1. The zero-order chi connectivity index (χ0) is 20.2. The third-order valence-corrected chi connectivity index (χ3v) is 6.17. The summed E-state index contributed by atoms with van der Waals surface area (Å²) in [4.78, 5) is 17.2. The second kappa shape index (κ2) is 6.77. The van der Waals surface area contributed by atoms with Gasteiger partial charge in [0.25, 0.3) is 0 Å². The smallest absolute Gasteiger partial charge is 0.394 e. The maximum atomic E-state index is 13.6. The van der Waals surface area contributed by atoms with E-state index in [1.165, 1.54) is 0 Å². The Hall–Kier alpha value is -2.06. The van der Waals surface area contributed by atoms with Crippen LogP contribution in [-0.2, 0) is 17.4 Å². The molecule has 152 valence electrons. The number of aliphatic hydroxyl groups is 1. The molecule has 1 fully saturated rings. The Labute approximate surface area is 160 Å². The number of halogens is 3. The second-order valence-electron chi connectivity index (χ2n) is 8.09. The van der Waals surface area contributed by atoms with Crippen molar-refractivity contribution in [3.8, 4) is 0 Å². The largest absolute Gasteiger partial charge is 0.431 e. The lowest BCUT2D eigenvalue weighted by molar-refractivity contribution is -0.141. The topological polar surface area (TPSA) is 68.4 Å². The van der Waals surface area contributed by atoms with Crippen LogP contribution in [0.1, 0.15) is 36.1 Å². The van der Waals surface area contributed by atoms with Crippen molar-refractivity contribution in [1.29, 1.82) is 0 Å². The zero-order valence-corrected chi connectivity index (χ0v) is 15.8. The van der Waals surface area contributed by atoms with Crippen LogP contribution < -0.4 is 5.32 Å². The van der Waals surface area contributed by atoms with Gasteiger partial charge in [-0.15, -0.1) is 0 Å². The molecule has 1 aromatic heterocycles. The molecule has 2 aliphatic rings. The van der Waals surface area contributed by atoms with Crippen LogP contribution in [0, 0.1) is 5.92 Å². The Kier molecular flexibility index (Phi) is 4.66. The van der Waals surface area contributed by atoms with Gasteiger partial charge >= 0.3 is 6.18 Å². The molecule has 2 aromatic rings. The summed E-state index contributed by atoms with van der Waals surface area (Å²) in [5, 5.41) is 12.7. The average molecular weight is 395 g/mol. The summed E-state index contributed by atoms with van der Waals surface area (Å²) in [5.74, 6) is -0.389. The van der Waals surface area contributed by atoms with E-state index >= 15 is 0 Å². The molecule has 8 heteroatoms. The number of likely N-dealkylation sites (N-methyl/N-ethyl adjacent to an activating group) is 1. The standard InChI is InChI=1S/C20H24F3N3O2/c1-10(9-27)24-19(28)11-6-13-12-4-3-5-15-17(12)14(7-16(13)26(2)8-11)18(25-15)20(21,22)23/h3-5,10-11,13,16,25,27H,6-9H2,1-2H3,(H,24,28)/t10-,11?,13?,16+/m0/s1. The summed E-state index contributed by atoms with van der Waals surface area (Å²) in [6, 6.07) is 4.95. The molecular weight excluding hydrogens is 371 g/mol. The Morgan fingerprint density at radius 1 is 1.43 bits per heavy atom. The van der Waals surface area contributed by atoms with Crippen LogP contribution in [0.15, 0.2) is 18.2 Å². The number of alkyl halides is 3. The number of aromatic amines is 1. The minimum Gasteiger partial charge on any atom is -0.394 e. The second-order valence-corrected chi connectivity index (χ2v) is 8.09. The summed E-state index contributed by atoms with van der Waals surface area (Å²) in [6.07, 6.45) is -3.52. The fourth-order valence-corrected chi connectivity index (χ4v) is 4.87. The number of hydrogen-bond acceptors (Lipinski definition) is 3. The molecule has 1 saturated heterocycles. The number of aromatic nitrogens is 1. The fourth-order valence-electron chi connectivity index (χ4n) is 4.87. The van der Waals surface area contributed by atoms with Crippen molar-refractivity contribution in [2.75, 3.05) is 20.2 Å². The predicted molar refractivity (Wildman–Crippen MR) is 99.0 cm³/mol. The first-order valence-electron chi connectivity index (χ1n) is 9.52. The third kappa shape index (κ3) is 3.08. The Balaban J connectivity index is 1.73. The van der Waals surface area contributed by atoms with Gasteiger partial charge in [-0.05, 0) is 44.0 Å². The maximum absolute atomic E-state index is 13.6. The van der Waals surface area contributed by atoms with E-state index in [4.69, 9.17) is 0 Å². The van der Waals surface area contributed by atoms with Gasteiger partial charge in [-0.1, -0.05) is 12.1 Å². The van der Waals surface area contributed by atoms with Crippen LogP contribution in [0.3, 0.4) is 0 Å². The number of aliphatic hydroxyl groups excluding tert-OH is 1. The number of carbonyl (C=O) groups is 1. The number of carbonyl (C=O) groups excluding carboxylic acids is 1. The van der Waals surface area contributed by atoms with Gasteiger partial charge in [0.1, 0.15) is 5.69 Å². The molecule has 1 aromatic carbocycles. The van der Waals surface area contributed by atoms with Gasteiger partial charge < -0.3 is 20.3 Å². The van der Waals surface area contributed by atoms with E-state index in [-0.39, 0.29) is 36.4 Å². The monoisotopic (exact) mass is 395 g/mol. The molecule has 4 rings (SSSR count). The van der Waals surface area contributed by atoms with Crippen LogP contribution in [0.5, 0.6) is 0 Å². The summed E-state index contributed by atoms with van der Waals surface area (Å²) in [6.45, 7) is 2.09. The van der Waals surface area contributed by atoms with Gasteiger partial charge in [-0.3, -0.25) is 4.79 Å². The number of nitrogens with one attached hydrogen (secondary N) is 2. The highest BCUT2D eigenvalue weighted by Crippen LogP contribution is 2.47. The van der Waals surface area contributed by atoms with Crippen molar-refractivity contribution in [2.45, 2.75) is 43.9 Å². The van der Waals surface area contributed by atoms with Crippen molar-refractivity contribution >= 4 is 16.8 Å². The minimum atomic E-state index is -4.42. The Bertz CT molecular complexity index is 908. The van der Waals surface area contributed by atoms with Gasteiger partial charge in [0.2, 0.25) is 5.91 Å². The zero-order valence-electron chi connectivity index (χ0n) is 15.8. The molecule has 2 heterocycles. The highest BCUT2D eigenvalue weighted by Gasteiger charge is 2.45. The molecule has 1 aliphatic carbocycles. The molecule has 2 unspecified atom stereocenters. The van der Waals surface area contributed by atoms with E-state index in [0.717, 1.165) is 5.56 Å². The summed E-state index contributed by atoms with van der Waals surface area (Å²) in [7, 11) is 1.87. The first-order valence-corrected chi connectivity index (χ1v) is 9.52. The predicted octanol–water partition coefficient (Wildman–Crippen LogP) is 2.64. The molecule has 0 radical (unpaired) electrons. The van der Waals surface area contributed by atoms with Crippen molar-refractivity contribution in [2.24, 2.45) is 5.92 Å². The van der Waals surface area contributed by atoms with Crippen molar-refractivity contribution < 1.29 is 23.1 Å². The average Bonchev–Trinajstić information content (AvgIpc) is 3.02. The van der Waals surface area contributed by atoms with Crippen molar-refractivity contribution in [3.63, 3.8) is 0 Å². The molecule has 5 nitrogen and oxygen atoms in total. The number of nitrogens with zero attached hydrogens (tertiary/aromatic N) is 1. The lowest BCUT2D eigenvalue weighted by atomic mass is 9.72. The van der Waals surface area contributed by atoms with Gasteiger partial charge in [0.05, 0.1) is 12.5 Å². The van der Waals surface area contributed by atoms with Crippen LogP contribution in [0.2, 0.25) is 0 Å².